The maximum Gasteiger partial charge on any atom is 0.185 e. The quantitative estimate of drug-likeness (QED) is 0.720. The van der Waals surface area contributed by atoms with Gasteiger partial charge in [0, 0.05) is 24.4 Å². The van der Waals surface area contributed by atoms with Crippen molar-refractivity contribution in [3.05, 3.63) is 6.33 Å². The van der Waals surface area contributed by atoms with E-state index >= 15 is 0 Å². The van der Waals surface area contributed by atoms with Crippen molar-refractivity contribution in [1.29, 1.82) is 0 Å². The van der Waals surface area contributed by atoms with Crippen molar-refractivity contribution in [2.75, 3.05) is 12.4 Å². The molecular formula is C10H20N4OS. The van der Waals surface area contributed by atoms with E-state index in [1.54, 1.807) is 16.4 Å². The Balaban J connectivity index is 2.54. The molecule has 2 N–H and O–H groups in total. The number of aliphatic hydroxyl groups excluding tert-OH is 1. The third-order valence-corrected chi connectivity index (χ3v) is 3.59. The highest BCUT2D eigenvalue weighted by Gasteiger charge is 2.24. The van der Waals surface area contributed by atoms with Gasteiger partial charge in [-0.15, -0.1) is 0 Å². The van der Waals surface area contributed by atoms with Crippen LogP contribution in [0.25, 0.3) is 0 Å². The summed E-state index contributed by atoms with van der Waals surface area (Å²) in [6.45, 7) is 6.26. The molecule has 1 rings (SSSR count). The second-order valence-corrected chi connectivity index (χ2v) is 5.42. The number of hydrogen-bond acceptors (Lipinski definition) is 5. The third kappa shape index (κ3) is 3.77. The summed E-state index contributed by atoms with van der Waals surface area (Å²) in [5, 5.41) is 17.6. The molecule has 0 aliphatic carbocycles. The molecular weight excluding hydrogens is 224 g/mol. The average molecular weight is 244 g/mol. The van der Waals surface area contributed by atoms with Crippen LogP contribution in [0.1, 0.15) is 20.8 Å². The molecule has 0 amide bonds. The first-order chi connectivity index (χ1) is 7.47. The summed E-state index contributed by atoms with van der Waals surface area (Å²) in [4.78, 5) is 4.14. The fraction of sp³-hybridized carbons (Fsp3) is 0.800. The molecule has 92 valence electrons. The lowest BCUT2D eigenvalue weighted by Crippen LogP contribution is -2.51. The fourth-order valence-electron chi connectivity index (χ4n) is 1.47. The Bertz CT molecular complexity index is 328. The number of nitrogens with zero attached hydrogens (tertiary/aromatic N) is 3. The number of rotatable bonds is 6. The van der Waals surface area contributed by atoms with Crippen molar-refractivity contribution in [1.82, 2.24) is 20.1 Å². The first kappa shape index (κ1) is 13.5. The Hall–Kier alpha value is -0.590. The van der Waals surface area contributed by atoms with Crippen LogP contribution in [0.4, 0.5) is 0 Å². The molecule has 0 bridgehead atoms. The normalized spacial score (nSPS) is 15.4. The lowest BCUT2D eigenvalue weighted by molar-refractivity contribution is 0.183. The Labute approximate surface area is 101 Å². The highest BCUT2D eigenvalue weighted by atomic mass is 32.2. The minimum Gasteiger partial charge on any atom is -0.394 e. The molecule has 1 heterocycles. The van der Waals surface area contributed by atoms with Crippen LogP contribution in [0.15, 0.2) is 11.5 Å². The number of thioether (sulfide) groups is 1. The summed E-state index contributed by atoms with van der Waals surface area (Å²) in [7, 11) is 1.86. The number of nitrogens with one attached hydrogen (secondary N) is 1. The van der Waals surface area contributed by atoms with Crippen molar-refractivity contribution in [3.8, 4) is 0 Å². The minimum absolute atomic E-state index is 0.107. The number of aromatic nitrogens is 3. The molecule has 0 fully saturated rings. The smallest absolute Gasteiger partial charge is 0.185 e. The molecule has 6 heteroatoms. The number of aliphatic hydroxyl groups is 1. The van der Waals surface area contributed by atoms with E-state index in [9.17, 15) is 5.11 Å². The van der Waals surface area contributed by atoms with Crippen LogP contribution >= 0.6 is 11.8 Å². The topological polar surface area (TPSA) is 63.0 Å². The molecule has 0 aliphatic rings. The van der Waals surface area contributed by atoms with Crippen LogP contribution in [-0.2, 0) is 7.05 Å². The first-order valence-electron chi connectivity index (χ1n) is 5.32. The van der Waals surface area contributed by atoms with E-state index in [2.05, 4.69) is 29.2 Å². The standard InChI is InChI=1S/C10H20N4OS/c1-8(2)13-10(3,5-15)6-16-9-11-7-12-14(9)4/h7-8,13,15H,5-6H2,1-4H3. The SMILES string of the molecule is CC(C)NC(C)(CO)CSc1ncnn1C. The van der Waals surface area contributed by atoms with E-state index < -0.39 is 0 Å². The van der Waals surface area contributed by atoms with Crippen LogP contribution in [0.2, 0.25) is 0 Å². The van der Waals surface area contributed by atoms with Crippen molar-refractivity contribution >= 4 is 11.8 Å². The zero-order chi connectivity index (χ0) is 12.2. The maximum atomic E-state index is 9.41. The molecule has 5 nitrogen and oxygen atoms in total. The van der Waals surface area contributed by atoms with Crippen LogP contribution in [0.3, 0.4) is 0 Å². The van der Waals surface area contributed by atoms with Crippen LogP contribution in [0.5, 0.6) is 0 Å². The van der Waals surface area contributed by atoms with Crippen LogP contribution < -0.4 is 5.32 Å². The van der Waals surface area contributed by atoms with E-state index in [1.165, 1.54) is 6.33 Å². The Morgan fingerprint density at radius 1 is 1.62 bits per heavy atom. The molecule has 0 saturated heterocycles. The van der Waals surface area contributed by atoms with Gasteiger partial charge in [-0.3, -0.25) is 0 Å². The van der Waals surface area contributed by atoms with E-state index in [4.69, 9.17) is 0 Å². The van der Waals surface area contributed by atoms with E-state index in [1.807, 2.05) is 14.0 Å². The van der Waals surface area contributed by atoms with Gasteiger partial charge in [-0.25, -0.2) is 9.67 Å². The Morgan fingerprint density at radius 2 is 2.31 bits per heavy atom. The van der Waals surface area contributed by atoms with Gasteiger partial charge in [0.2, 0.25) is 0 Å². The third-order valence-electron chi connectivity index (χ3n) is 2.18. The van der Waals surface area contributed by atoms with Gasteiger partial charge in [0.05, 0.1) is 6.61 Å². The summed E-state index contributed by atoms with van der Waals surface area (Å²) in [6, 6.07) is 0.345. The molecule has 16 heavy (non-hydrogen) atoms. The van der Waals surface area contributed by atoms with Gasteiger partial charge in [0.1, 0.15) is 6.33 Å². The second kappa shape index (κ2) is 5.65. The first-order valence-corrected chi connectivity index (χ1v) is 6.31. The molecule has 1 unspecified atom stereocenters. The highest BCUT2D eigenvalue weighted by molar-refractivity contribution is 7.99. The van der Waals surface area contributed by atoms with Gasteiger partial charge in [0.15, 0.2) is 5.16 Å². The lowest BCUT2D eigenvalue weighted by Gasteiger charge is -2.30. The van der Waals surface area contributed by atoms with E-state index in [0.717, 1.165) is 10.9 Å². The van der Waals surface area contributed by atoms with Gasteiger partial charge < -0.3 is 10.4 Å². The summed E-state index contributed by atoms with van der Waals surface area (Å²) < 4.78 is 1.73. The van der Waals surface area contributed by atoms with E-state index in [-0.39, 0.29) is 12.1 Å². The van der Waals surface area contributed by atoms with Crippen LogP contribution in [-0.4, -0.2) is 43.8 Å². The molecule has 0 aromatic carbocycles. The van der Waals surface area contributed by atoms with Crippen molar-refractivity contribution in [3.63, 3.8) is 0 Å². The number of aryl methyl sites for hydroxylation is 1. The van der Waals surface area contributed by atoms with Gasteiger partial charge in [-0.2, -0.15) is 5.10 Å². The molecule has 0 aliphatic heterocycles. The largest absolute Gasteiger partial charge is 0.394 e. The monoisotopic (exact) mass is 244 g/mol. The van der Waals surface area contributed by atoms with Crippen molar-refractivity contribution < 1.29 is 5.11 Å². The summed E-state index contributed by atoms with van der Waals surface area (Å²) >= 11 is 1.59. The maximum absolute atomic E-state index is 9.41. The fourth-order valence-corrected chi connectivity index (χ4v) is 2.45. The summed E-state index contributed by atoms with van der Waals surface area (Å²) in [6.07, 6.45) is 1.54. The molecule has 1 aromatic rings. The Kier molecular flexibility index (Phi) is 4.76. The van der Waals surface area contributed by atoms with Crippen LogP contribution in [0, 0.1) is 0 Å². The van der Waals surface area contributed by atoms with Crippen molar-refractivity contribution in [2.45, 2.75) is 37.5 Å². The minimum atomic E-state index is -0.287. The van der Waals surface area contributed by atoms with Crippen molar-refractivity contribution in [2.24, 2.45) is 7.05 Å². The lowest BCUT2D eigenvalue weighted by atomic mass is 10.1. The predicted octanol–water partition coefficient (Wildman–Crippen LogP) is 0.656. The number of hydrogen-bond donors (Lipinski definition) is 2. The van der Waals surface area contributed by atoms with Gasteiger partial charge >= 0.3 is 0 Å². The van der Waals surface area contributed by atoms with Gasteiger partial charge in [-0.1, -0.05) is 25.6 Å². The zero-order valence-corrected chi connectivity index (χ0v) is 11.1. The summed E-state index contributed by atoms with van der Waals surface area (Å²) in [5.74, 6) is 0.758. The predicted molar refractivity (Wildman–Crippen MR) is 65.5 cm³/mol. The zero-order valence-electron chi connectivity index (χ0n) is 10.3. The van der Waals surface area contributed by atoms with Gasteiger partial charge in [-0.05, 0) is 6.92 Å². The average Bonchev–Trinajstić information content (AvgIpc) is 2.60. The highest BCUT2D eigenvalue weighted by Crippen LogP contribution is 2.20. The molecule has 0 saturated carbocycles. The Morgan fingerprint density at radius 3 is 2.75 bits per heavy atom. The van der Waals surface area contributed by atoms with Gasteiger partial charge in [0.25, 0.3) is 0 Å². The molecule has 0 spiro atoms. The summed E-state index contributed by atoms with van der Waals surface area (Å²) in [5.41, 5.74) is -0.287. The van der Waals surface area contributed by atoms with E-state index in [0.29, 0.717) is 6.04 Å². The molecule has 0 radical (unpaired) electrons. The molecule has 1 aromatic heterocycles. The second-order valence-electron chi connectivity index (χ2n) is 4.47. The molecule has 1 atom stereocenters.